The molecule has 0 radical (unpaired) electrons. The highest BCUT2D eigenvalue weighted by molar-refractivity contribution is 5.80. The van der Waals surface area contributed by atoms with Gasteiger partial charge in [-0.05, 0) is 16.7 Å². The summed E-state index contributed by atoms with van der Waals surface area (Å²) in [6.45, 7) is 0. The first kappa shape index (κ1) is 12.7. The fraction of sp³-hybridized carbons (Fsp3) is 0.167. The number of ether oxygens (including phenoxy) is 1. The third-order valence-corrected chi connectivity index (χ3v) is 3.81. The van der Waals surface area contributed by atoms with Crippen LogP contribution in [-0.2, 0) is 9.53 Å². The Kier molecular flexibility index (Phi) is 3.38. The van der Waals surface area contributed by atoms with Crippen LogP contribution in [0.15, 0.2) is 60.7 Å². The molecule has 0 N–H and O–H groups in total. The molecular weight excluding hydrogens is 248 g/mol. The van der Waals surface area contributed by atoms with Crippen LogP contribution in [0.25, 0.3) is 6.08 Å². The van der Waals surface area contributed by atoms with E-state index in [1.807, 2.05) is 42.5 Å². The first-order chi connectivity index (χ1) is 9.81. The highest BCUT2D eigenvalue weighted by Crippen LogP contribution is 2.39. The Morgan fingerprint density at radius 1 is 1.00 bits per heavy atom. The minimum Gasteiger partial charge on any atom is -0.469 e. The summed E-state index contributed by atoms with van der Waals surface area (Å²) in [6.07, 6.45) is 3.96. The van der Waals surface area contributed by atoms with Crippen molar-refractivity contribution in [3.8, 4) is 0 Å². The van der Waals surface area contributed by atoms with Crippen LogP contribution in [0, 0.1) is 5.92 Å². The van der Waals surface area contributed by atoms with Crippen LogP contribution in [0.5, 0.6) is 0 Å². The molecule has 1 aliphatic rings. The van der Waals surface area contributed by atoms with E-state index in [9.17, 15) is 4.79 Å². The van der Waals surface area contributed by atoms with E-state index >= 15 is 0 Å². The van der Waals surface area contributed by atoms with E-state index in [2.05, 4.69) is 24.3 Å². The van der Waals surface area contributed by atoms with Gasteiger partial charge in [0.1, 0.15) is 0 Å². The first-order valence-corrected chi connectivity index (χ1v) is 6.71. The van der Waals surface area contributed by atoms with Crippen LogP contribution >= 0.6 is 0 Å². The molecule has 0 bridgehead atoms. The second-order valence-corrected chi connectivity index (χ2v) is 4.93. The zero-order chi connectivity index (χ0) is 13.9. The quantitative estimate of drug-likeness (QED) is 0.774. The molecule has 0 fully saturated rings. The van der Waals surface area contributed by atoms with Crippen LogP contribution in [0.2, 0.25) is 0 Å². The maximum absolute atomic E-state index is 12.1. The molecule has 2 atom stereocenters. The van der Waals surface area contributed by atoms with E-state index < -0.39 is 0 Å². The third-order valence-electron chi connectivity index (χ3n) is 3.81. The summed E-state index contributed by atoms with van der Waals surface area (Å²) in [4.78, 5) is 12.1. The zero-order valence-electron chi connectivity index (χ0n) is 11.3. The lowest BCUT2D eigenvalue weighted by Gasteiger charge is -2.28. The molecule has 0 aliphatic heterocycles. The predicted octanol–water partition coefficient (Wildman–Crippen LogP) is 3.63. The van der Waals surface area contributed by atoms with E-state index in [0.29, 0.717) is 0 Å². The average molecular weight is 264 g/mol. The van der Waals surface area contributed by atoms with E-state index in [1.165, 1.54) is 18.2 Å². The van der Waals surface area contributed by atoms with Crippen molar-refractivity contribution < 1.29 is 9.53 Å². The normalized spacial score (nSPS) is 20.2. The van der Waals surface area contributed by atoms with E-state index in [4.69, 9.17) is 4.74 Å². The summed E-state index contributed by atoms with van der Waals surface area (Å²) in [5.41, 5.74) is 3.48. The van der Waals surface area contributed by atoms with Crippen LogP contribution in [0.4, 0.5) is 0 Å². The van der Waals surface area contributed by atoms with Gasteiger partial charge in [-0.1, -0.05) is 66.7 Å². The Bertz CT molecular complexity index is 643. The fourth-order valence-electron chi connectivity index (χ4n) is 2.86. The minimum absolute atomic E-state index is 0.0184. The summed E-state index contributed by atoms with van der Waals surface area (Å²) >= 11 is 0. The van der Waals surface area contributed by atoms with Gasteiger partial charge >= 0.3 is 5.97 Å². The summed E-state index contributed by atoms with van der Waals surface area (Å²) in [6, 6.07) is 18.3. The van der Waals surface area contributed by atoms with Crippen molar-refractivity contribution >= 4 is 12.0 Å². The molecule has 0 spiro atoms. The summed E-state index contributed by atoms with van der Waals surface area (Å²) in [5, 5.41) is 0. The average Bonchev–Trinajstić information content (AvgIpc) is 2.53. The van der Waals surface area contributed by atoms with Crippen molar-refractivity contribution in [2.75, 3.05) is 7.11 Å². The van der Waals surface area contributed by atoms with E-state index in [-0.39, 0.29) is 17.8 Å². The number of fused-ring (bicyclic) bond motifs is 1. The second kappa shape index (κ2) is 5.33. The second-order valence-electron chi connectivity index (χ2n) is 4.93. The number of hydrogen-bond donors (Lipinski definition) is 0. The van der Waals surface area contributed by atoms with Gasteiger partial charge in [-0.2, -0.15) is 0 Å². The zero-order valence-corrected chi connectivity index (χ0v) is 11.3. The molecule has 0 saturated carbocycles. The smallest absolute Gasteiger partial charge is 0.313 e. The van der Waals surface area contributed by atoms with Crippen LogP contribution < -0.4 is 0 Å². The van der Waals surface area contributed by atoms with Gasteiger partial charge in [-0.15, -0.1) is 0 Å². The Labute approximate surface area is 118 Å². The Morgan fingerprint density at radius 2 is 1.70 bits per heavy atom. The first-order valence-electron chi connectivity index (χ1n) is 6.71. The molecule has 1 aliphatic carbocycles. The minimum atomic E-state index is -0.266. The van der Waals surface area contributed by atoms with Gasteiger partial charge in [-0.25, -0.2) is 0 Å². The lowest BCUT2D eigenvalue weighted by molar-refractivity contribution is -0.144. The van der Waals surface area contributed by atoms with E-state index in [1.54, 1.807) is 0 Å². The molecule has 0 amide bonds. The maximum Gasteiger partial charge on any atom is 0.313 e. The monoisotopic (exact) mass is 264 g/mol. The number of carbonyl (C=O) groups excluding carboxylic acids is 1. The molecule has 3 rings (SSSR count). The Hall–Kier alpha value is -2.35. The molecule has 0 heterocycles. The lowest BCUT2D eigenvalue weighted by atomic mass is 9.75. The number of benzene rings is 2. The molecule has 2 heteroatoms. The van der Waals surface area contributed by atoms with Crippen molar-refractivity contribution in [2.24, 2.45) is 5.92 Å². The standard InChI is InChI=1S/C18H16O2/c1-20-18(19)16-12-11-13-7-5-6-10-15(13)17(16)14-8-3-2-4-9-14/h2-12,16-17H,1H3/t16-,17-/m1/s1. The van der Waals surface area contributed by atoms with E-state index in [0.717, 1.165) is 5.56 Å². The van der Waals surface area contributed by atoms with Crippen LogP contribution in [-0.4, -0.2) is 13.1 Å². The van der Waals surface area contributed by atoms with Crippen molar-refractivity contribution in [3.05, 3.63) is 77.4 Å². The van der Waals surface area contributed by atoms with Crippen molar-refractivity contribution in [2.45, 2.75) is 5.92 Å². The van der Waals surface area contributed by atoms with Crippen molar-refractivity contribution in [1.29, 1.82) is 0 Å². The highest BCUT2D eigenvalue weighted by Gasteiger charge is 2.33. The molecule has 2 nitrogen and oxygen atoms in total. The molecule has 2 aromatic rings. The molecule has 20 heavy (non-hydrogen) atoms. The molecule has 100 valence electrons. The molecule has 2 aromatic carbocycles. The highest BCUT2D eigenvalue weighted by atomic mass is 16.5. The largest absolute Gasteiger partial charge is 0.469 e. The third kappa shape index (κ3) is 2.14. The van der Waals surface area contributed by atoms with Crippen molar-refractivity contribution in [1.82, 2.24) is 0 Å². The van der Waals surface area contributed by atoms with Gasteiger partial charge < -0.3 is 4.74 Å². The number of carbonyl (C=O) groups is 1. The molecular formula is C18H16O2. The van der Waals surface area contributed by atoms with Gasteiger partial charge in [0.25, 0.3) is 0 Å². The van der Waals surface area contributed by atoms with Gasteiger partial charge in [0, 0.05) is 5.92 Å². The lowest BCUT2D eigenvalue weighted by Crippen LogP contribution is -2.25. The van der Waals surface area contributed by atoms with Crippen LogP contribution in [0.3, 0.4) is 0 Å². The summed E-state index contributed by atoms with van der Waals surface area (Å²) < 4.78 is 4.97. The number of hydrogen-bond acceptors (Lipinski definition) is 2. The van der Waals surface area contributed by atoms with Gasteiger partial charge in [0.05, 0.1) is 13.0 Å². The number of esters is 1. The summed E-state index contributed by atoms with van der Waals surface area (Å²) in [5.74, 6) is -0.438. The predicted molar refractivity (Wildman–Crippen MR) is 79.3 cm³/mol. The molecule has 0 saturated heterocycles. The molecule has 0 unspecified atom stereocenters. The number of methoxy groups -OCH3 is 1. The topological polar surface area (TPSA) is 26.3 Å². The number of rotatable bonds is 2. The molecule has 0 aromatic heterocycles. The Morgan fingerprint density at radius 3 is 2.45 bits per heavy atom. The fourth-order valence-corrected chi connectivity index (χ4v) is 2.86. The SMILES string of the molecule is COC(=O)[C@@H]1C=Cc2ccccc2[C@H]1c1ccccc1. The van der Waals surface area contributed by atoms with Gasteiger partial charge in [0.15, 0.2) is 0 Å². The summed E-state index contributed by atoms with van der Waals surface area (Å²) in [7, 11) is 1.44. The maximum atomic E-state index is 12.1. The van der Waals surface area contributed by atoms with Crippen molar-refractivity contribution in [3.63, 3.8) is 0 Å². The van der Waals surface area contributed by atoms with Gasteiger partial charge in [-0.3, -0.25) is 4.79 Å². The van der Waals surface area contributed by atoms with Gasteiger partial charge in [0.2, 0.25) is 0 Å². The Balaban J connectivity index is 2.13. The van der Waals surface area contributed by atoms with Crippen LogP contribution in [0.1, 0.15) is 22.6 Å².